The molecule has 0 aromatic rings. The van der Waals surface area contributed by atoms with Gasteiger partial charge in [-0.15, -0.1) is 12.6 Å². The SMILES string of the molecule is C.C.COC(=O)C(S)=C=C([O])OC.[HH].[Sn]. The Hall–Kier alpha value is -0.261. The summed E-state index contributed by atoms with van der Waals surface area (Å²) in [7, 11) is 2.35. The van der Waals surface area contributed by atoms with E-state index in [0.29, 0.717) is 0 Å². The molecule has 0 aliphatic carbocycles. The van der Waals surface area contributed by atoms with E-state index in [1.165, 1.54) is 14.2 Å². The van der Waals surface area contributed by atoms with Gasteiger partial charge in [-0.1, -0.05) is 14.9 Å². The molecule has 0 fully saturated rings. The van der Waals surface area contributed by atoms with Gasteiger partial charge < -0.3 is 9.47 Å². The number of esters is 1. The van der Waals surface area contributed by atoms with Crippen molar-refractivity contribution in [1.29, 1.82) is 0 Å². The van der Waals surface area contributed by atoms with E-state index in [9.17, 15) is 9.90 Å². The largest absolute Gasteiger partial charge is 0.465 e. The van der Waals surface area contributed by atoms with E-state index in [0.717, 1.165) is 0 Å². The van der Waals surface area contributed by atoms with Crippen molar-refractivity contribution >= 4 is 42.5 Å². The average molecular weight is 328 g/mol. The topological polar surface area (TPSA) is 55.4 Å². The number of hydrogen-bond donors (Lipinski definition) is 1. The second kappa shape index (κ2) is 12.7. The van der Waals surface area contributed by atoms with Crippen LogP contribution >= 0.6 is 12.6 Å². The molecular weight excluding hydrogens is 311 g/mol. The van der Waals surface area contributed by atoms with Gasteiger partial charge in [0.2, 0.25) is 0 Å². The minimum Gasteiger partial charge on any atom is -0.465 e. The normalized spacial score (nSPS) is 6.21. The molecule has 0 aliphatic heterocycles. The van der Waals surface area contributed by atoms with Gasteiger partial charge >= 0.3 is 11.9 Å². The molecule has 6 heteroatoms. The molecule has 0 saturated heterocycles. The number of carbonyl (C=O) groups excluding carboxylic acids is 1. The first-order chi connectivity index (χ1) is 5.11. The number of carbonyl (C=O) groups is 1. The Balaban J connectivity index is -0.0000000833. The van der Waals surface area contributed by atoms with Gasteiger partial charge in [-0.05, 0) is 5.73 Å². The van der Waals surface area contributed by atoms with Crippen molar-refractivity contribution in [2.45, 2.75) is 14.9 Å². The second-order valence-electron chi connectivity index (χ2n) is 1.46. The maximum atomic E-state index is 10.6. The molecule has 0 rings (SSSR count). The summed E-state index contributed by atoms with van der Waals surface area (Å²) in [6.07, 6.45) is 0. The summed E-state index contributed by atoms with van der Waals surface area (Å²) in [5.74, 6) is -1.49. The first-order valence-electron chi connectivity index (χ1n) is 2.61. The zero-order valence-electron chi connectivity index (χ0n) is 6.58. The maximum absolute atomic E-state index is 10.6. The monoisotopic (exact) mass is 329 g/mol. The van der Waals surface area contributed by atoms with Crippen LogP contribution in [0, 0.1) is 0 Å². The number of rotatable bonds is 2. The molecule has 0 saturated carbocycles. The van der Waals surface area contributed by atoms with Gasteiger partial charge in [0.05, 0.1) is 14.2 Å². The van der Waals surface area contributed by atoms with Crippen molar-refractivity contribution in [2.24, 2.45) is 0 Å². The van der Waals surface area contributed by atoms with Gasteiger partial charge in [0.15, 0.2) is 0 Å². The van der Waals surface area contributed by atoms with Gasteiger partial charge in [-0.25, -0.2) is 9.90 Å². The van der Waals surface area contributed by atoms with Crippen molar-refractivity contribution in [2.75, 3.05) is 14.2 Å². The molecule has 5 radical (unpaired) electrons. The van der Waals surface area contributed by atoms with Gasteiger partial charge in [0, 0.05) is 25.3 Å². The summed E-state index contributed by atoms with van der Waals surface area (Å²) in [4.78, 5) is 10.3. The van der Waals surface area contributed by atoms with Crippen molar-refractivity contribution < 1.29 is 20.8 Å². The third-order valence-electron chi connectivity index (χ3n) is 0.785. The van der Waals surface area contributed by atoms with E-state index in [1.807, 2.05) is 5.73 Å². The first-order valence-corrected chi connectivity index (χ1v) is 3.05. The van der Waals surface area contributed by atoms with Crippen molar-refractivity contribution in [3.8, 4) is 0 Å². The number of thiol groups is 1. The fourth-order valence-electron chi connectivity index (χ4n) is 0.295. The van der Waals surface area contributed by atoms with Crippen LogP contribution in [0.15, 0.2) is 16.6 Å². The molecule has 0 amide bonds. The molecule has 0 aliphatic rings. The summed E-state index contributed by atoms with van der Waals surface area (Å²) in [6.45, 7) is 0. The fraction of sp³-hybridized carbons (Fsp3) is 0.500. The third kappa shape index (κ3) is 9.82. The second-order valence-corrected chi connectivity index (χ2v) is 1.90. The molecule has 0 N–H and O–H groups in total. The van der Waals surface area contributed by atoms with Crippen LogP contribution in [0.3, 0.4) is 0 Å². The van der Waals surface area contributed by atoms with Crippen LogP contribution in [0.4, 0.5) is 0 Å². The quantitative estimate of drug-likeness (QED) is 0.209. The Morgan fingerprint density at radius 1 is 1.29 bits per heavy atom. The Morgan fingerprint density at radius 3 is 2.00 bits per heavy atom. The fourth-order valence-corrected chi connectivity index (χ4v) is 0.478. The predicted octanol–water partition coefficient (Wildman–Crippen LogP) is 1.63. The molecule has 0 unspecified atom stereocenters. The van der Waals surface area contributed by atoms with Gasteiger partial charge in [0.1, 0.15) is 4.91 Å². The zero-order valence-corrected chi connectivity index (χ0v) is 10.3. The van der Waals surface area contributed by atoms with Gasteiger partial charge in [-0.2, -0.15) is 0 Å². The molecular formula is C8H17O4SSn. The van der Waals surface area contributed by atoms with Crippen molar-refractivity contribution in [1.82, 2.24) is 0 Å². The van der Waals surface area contributed by atoms with E-state index in [-0.39, 0.29) is 45.1 Å². The Morgan fingerprint density at radius 2 is 1.71 bits per heavy atom. The van der Waals surface area contributed by atoms with E-state index in [1.54, 1.807) is 0 Å². The number of methoxy groups -OCH3 is 2. The van der Waals surface area contributed by atoms with Gasteiger partial charge in [-0.3, -0.25) is 0 Å². The van der Waals surface area contributed by atoms with Crippen LogP contribution < -0.4 is 0 Å². The van der Waals surface area contributed by atoms with Gasteiger partial charge in [0.25, 0.3) is 0 Å². The molecule has 0 aromatic heterocycles. The molecule has 0 heterocycles. The Kier molecular flexibility index (Phi) is 21.4. The summed E-state index contributed by atoms with van der Waals surface area (Å²) in [5.41, 5.74) is 2.03. The predicted molar refractivity (Wildman–Crippen MR) is 60.6 cm³/mol. The van der Waals surface area contributed by atoms with Crippen LogP contribution in [0.1, 0.15) is 16.3 Å². The Labute approximate surface area is 109 Å². The average Bonchev–Trinajstić information content (AvgIpc) is 2.02. The smallest absolute Gasteiger partial charge is 0.377 e. The maximum Gasteiger partial charge on any atom is 0.377 e. The van der Waals surface area contributed by atoms with E-state index in [2.05, 4.69) is 22.1 Å². The van der Waals surface area contributed by atoms with Crippen LogP contribution in [0.2, 0.25) is 0 Å². The van der Waals surface area contributed by atoms with E-state index >= 15 is 0 Å². The minimum absolute atomic E-state index is 0. The zero-order chi connectivity index (χ0) is 8.85. The molecule has 4 nitrogen and oxygen atoms in total. The van der Waals surface area contributed by atoms with E-state index in [4.69, 9.17) is 0 Å². The van der Waals surface area contributed by atoms with Crippen LogP contribution in [0.25, 0.3) is 0 Å². The molecule has 14 heavy (non-hydrogen) atoms. The standard InChI is InChI=1S/C6H7O4S.2CH4.Sn.H2/c1-9-5(7)3-4(11)6(8)10-2;;;;/h11H,1-2H3;2*1H4;;1H. The molecule has 83 valence electrons. The minimum atomic E-state index is -0.764. The summed E-state index contributed by atoms with van der Waals surface area (Å²) in [5, 5.41) is 10.4. The molecule has 0 spiro atoms. The Bertz CT molecular complexity index is 227. The molecule has 0 atom stereocenters. The number of ether oxygens (including phenoxy) is 2. The summed E-state index contributed by atoms with van der Waals surface area (Å²) in [6, 6.07) is 0. The van der Waals surface area contributed by atoms with Crippen LogP contribution in [0.5, 0.6) is 0 Å². The number of hydrogen-bond acceptors (Lipinski definition) is 4. The first kappa shape index (κ1) is 23.5. The third-order valence-corrected chi connectivity index (χ3v) is 1.08. The van der Waals surface area contributed by atoms with Crippen molar-refractivity contribution in [3.05, 3.63) is 16.6 Å². The van der Waals surface area contributed by atoms with E-state index < -0.39 is 11.9 Å². The van der Waals surface area contributed by atoms with Crippen LogP contribution in [-0.2, 0) is 19.4 Å². The van der Waals surface area contributed by atoms with Crippen LogP contribution in [-0.4, -0.2) is 44.1 Å². The summed E-state index contributed by atoms with van der Waals surface area (Å²) >= 11 is 3.63. The van der Waals surface area contributed by atoms with Crippen molar-refractivity contribution in [3.63, 3.8) is 0 Å². The summed E-state index contributed by atoms with van der Waals surface area (Å²) < 4.78 is 8.42. The molecule has 0 bridgehead atoms. The molecule has 0 aromatic carbocycles.